The lowest BCUT2D eigenvalue weighted by Gasteiger charge is -2.01. The molecule has 1 aromatic heterocycles. The smallest absolute Gasteiger partial charge is 0.124 e. The average Bonchev–Trinajstić information content (AvgIpc) is 2.67. The largest absolute Gasteiger partial charge is 0.341 e. The zero-order valence-electron chi connectivity index (χ0n) is 8.72. The fourth-order valence-electron chi connectivity index (χ4n) is 1.46. The van der Waals surface area contributed by atoms with Crippen LogP contribution in [0.3, 0.4) is 0 Å². The van der Waals surface area contributed by atoms with Crippen LogP contribution >= 0.6 is 15.9 Å². The maximum Gasteiger partial charge on any atom is 0.124 e. The number of benzene rings is 1. The van der Waals surface area contributed by atoms with Crippen molar-refractivity contribution in [2.75, 3.05) is 7.05 Å². The van der Waals surface area contributed by atoms with Crippen LogP contribution in [-0.2, 0) is 6.54 Å². The third-order valence-corrected chi connectivity index (χ3v) is 2.85. The summed E-state index contributed by atoms with van der Waals surface area (Å²) >= 11 is 3.33. The first-order valence-corrected chi connectivity index (χ1v) is 5.64. The summed E-state index contributed by atoms with van der Waals surface area (Å²) < 4.78 is 13.6. The summed E-state index contributed by atoms with van der Waals surface area (Å²) in [5, 5.41) is 3.01. The Labute approximate surface area is 101 Å². The molecule has 1 heterocycles. The highest BCUT2D eigenvalue weighted by Crippen LogP contribution is 2.27. The molecule has 0 saturated carbocycles. The molecule has 3 nitrogen and oxygen atoms in total. The van der Waals surface area contributed by atoms with Crippen molar-refractivity contribution >= 4 is 15.9 Å². The highest BCUT2D eigenvalue weighted by Gasteiger charge is 2.07. The van der Waals surface area contributed by atoms with E-state index in [4.69, 9.17) is 0 Å². The van der Waals surface area contributed by atoms with Crippen LogP contribution in [0.4, 0.5) is 4.39 Å². The maximum absolute atomic E-state index is 12.9. The fraction of sp³-hybridized carbons (Fsp3) is 0.182. The number of aromatic nitrogens is 2. The van der Waals surface area contributed by atoms with Crippen molar-refractivity contribution in [2.45, 2.75) is 6.54 Å². The molecule has 2 aromatic rings. The highest BCUT2D eigenvalue weighted by molar-refractivity contribution is 9.10. The van der Waals surface area contributed by atoms with Crippen LogP contribution < -0.4 is 5.32 Å². The van der Waals surface area contributed by atoms with Crippen LogP contribution in [0.2, 0.25) is 0 Å². The molecule has 0 bridgehead atoms. The van der Waals surface area contributed by atoms with E-state index >= 15 is 0 Å². The quantitative estimate of drug-likeness (QED) is 0.909. The summed E-state index contributed by atoms with van der Waals surface area (Å²) in [6, 6.07) is 4.59. The molecule has 5 heteroatoms. The molecule has 1 aromatic carbocycles. The Balaban J connectivity index is 2.35. The van der Waals surface area contributed by atoms with Crippen molar-refractivity contribution in [3.8, 4) is 11.3 Å². The van der Waals surface area contributed by atoms with Gasteiger partial charge in [-0.25, -0.2) is 9.37 Å². The fourth-order valence-corrected chi connectivity index (χ4v) is 2.03. The predicted octanol–water partition coefficient (Wildman–Crippen LogP) is 2.70. The van der Waals surface area contributed by atoms with Gasteiger partial charge in [0.15, 0.2) is 0 Å². The molecule has 16 heavy (non-hydrogen) atoms. The number of hydrogen-bond donors (Lipinski definition) is 2. The Morgan fingerprint density at radius 2 is 2.31 bits per heavy atom. The van der Waals surface area contributed by atoms with E-state index in [0.29, 0.717) is 11.0 Å². The van der Waals surface area contributed by atoms with Gasteiger partial charge >= 0.3 is 0 Å². The minimum absolute atomic E-state index is 0.259. The SMILES string of the molecule is CNCc1ncc(-c2ccc(F)cc2Br)[nH]1. The van der Waals surface area contributed by atoms with Gasteiger partial charge in [-0.2, -0.15) is 0 Å². The lowest BCUT2D eigenvalue weighted by molar-refractivity contribution is 0.627. The minimum Gasteiger partial charge on any atom is -0.341 e. The molecule has 0 unspecified atom stereocenters. The normalized spacial score (nSPS) is 10.7. The van der Waals surface area contributed by atoms with Gasteiger partial charge in [0.05, 0.1) is 18.4 Å². The predicted molar refractivity (Wildman–Crippen MR) is 64.4 cm³/mol. The molecule has 84 valence electrons. The van der Waals surface area contributed by atoms with Crippen LogP contribution in [0.1, 0.15) is 5.82 Å². The molecular formula is C11H11BrFN3. The van der Waals surface area contributed by atoms with Gasteiger partial charge in [-0.15, -0.1) is 0 Å². The number of H-pyrrole nitrogens is 1. The first-order chi connectivity index (χ1) is 7.70. The van der Waals surface area contributed by atoms with Crippen molar-refractivity contribution in [2.24, 2.45) is 0 Å². The van der Waals surface area contributed by atoms with Gasteiger partial charge in [0.2, 0.25) is 0 Å². The van der Waals surface area contributed by atoms with E-state index < -0.39 is 0 Å². The lowest BCUT2D eigenvalue weighted by Crippen LogP contribution is -2.06. The second kappa shape index (κ2) is 4.76. The zero-order chi connectivity index (χ0) is 11.5. The average molecular weight is 284 g/mol. The molecule has 0 saturated heterocycles. The van der Waals surface area contributed by atoms with E-state index in [9.17, 15) is 4.39 Å². The molecule has 0 radical (unpaired) electrons. The maximum atomic E-state index is 12.9. The molecule has 0 spiro atoms. The number of hydrogen-bond acceptors (Lipinski definition) is 2. The molecule has 0 fully saturated rings. The van der Waals surface area contributed by atoms with E-state index in [1.165, 1.54) is 12.1 Å². The Bertz CT molecular complexity index is 496. The van der Waals surface area contributed by atoms with Gasteiger partial charge in [-0.1, -0.05) is 0 Å². The Morgan fingerprint density at radius 3 is 3.00 bits per heavy atom. The molecule has 2 N–H and O–H groups in total. The second-order valence-corrected chi connectivity index (χ2v) is 4.25. The van der Waals surface area contributed by atoms with Gasteiger partial charge in [0.1, 0.15) is 11.6 Å². The van der Waals surface area contributed by atoms with Crippen molar-refractivity contribution in [1.82, 2.24) is 15.3 Å². The Hall–Kier alpha value is -1.20. The van der Waals surface area contributed by atoms with Gasteiger partial charge < -0.3 is 10.3 Å². The van der Waals surface area contributed by atoms with Crippen molar-refractivity contribution in [3.63, 3.8) is 0 Å². The van der Waals surface area contributed by atoms with Crippen LogP contribution in [0.25, 0.3) is 11.3 Å². The molecule has 0 atom stereocenters. The summed E-state index contributed by atoms with van der Waals surface area (Å²) in [5.74, 6) is 0.597. The second-order valence-electron chi connectivity index (χ2n) is 3.40. The lowest BCUT2D eigenvalue weighted by atomic mass is 10.2. The van der Waals surface area contributed by atoms with E-state index in [1.54, 1.807) is 12.3 Å². The van der Waals surface area contributed by atoms with Gasteiger partial charge in [-0.05, 0) is 41.2 Å². The highest BCUT2D eigenvalue weighted by atomic mass is 79.9. The number of rotatable bonds is 3. The summed E-state index contributed by atoms with van der Waals surface area (Å²) in [7, 11) is 1.86. The number of nitrogens with one attached hydrogen (secondary N) is 2. The Kier molecular flexibility index (Phi) is 3.36. The molecule has 2 rings (SSSR count). The van der Waals surface area contributed by atoms with Gasteiger partial charge in [-0.3, -0.25) is 0 Å². The third-order valence-electron chi connectivity index (χ3n) is 2.19. The topological polar surface area (TPSA) is 40.7 Å². The first kappa shape index (κ1) is 11.3. The van der Waals surface area contributed by atoms with Crippen LogP contribution in [0.5, 0.6) is 0 Å². The van der Waals surface area contributed by atoms with Crippen molar-refractivity contribution in [3.05, 3.63) is 40.5 Å². The summed E-state index contributed by atoms with van der Waals surface area (Å²) in [6.45, 7) is 0.679. The summed E-state index contributed by atoms with van der Waals surface area (Å²) in [6.07, 6.45) is 1.74. The molecular weight excluding hydrogens is 273 g/mol. The monoisotopic (exact) mass is 283 g/mol. The van der Waals surface area contributed by atoms with Crippen molar-refractivity contribution in [1.29, 1.82) is 0 Å². The van der Waals surface area contributed by atoms with Gasteiger partial charge in [0.25, 0.3) is 0 Å². The van der Waals surface area contributed by atoms with Crippen LogP contribution in [-0.4, -0.2) is 17.0 Å². The van der Waals surface area contributed by atoms with E-state index in [0.717, 1.165) is 17.1 Å². The summed E-state index contributed by atoms with van der Waals surface area (Å²) in [4.78, 5) is 7.38. The number of halogens is 2. The standard InChI is InChI=1S/C11H11BrFN3/c1-14-6-11-15-5-10(16-11)8-3-2-7(13)4-9(8)12/h2-5,14H,6H2,1H3,(H,15,16). The molecule has 0 aliphatic rings. The van der Waals surface area contributed by atoms with Crippen LogP contribution in [0.15, 0.2) is 28.9 Å². The molecule has 0 aliphatic heterocycles. The minimum atomic E-state index is -0.259. The molecule has 0 aliphatic carbocycles. The van der Waals surface area contributed by atoms with Crippen LogP contribution in [0, 0.1) is 5.82 Å². The number of aromatic amines is 1. The number of nitrogens with zero attached hydrogens (tertiary/aromatic N) is 1. The zero-order valence-corrected chi connectivity index (χ0v) is 10.3. The van der Waals surface area contributed by atoms with Gasteiger partial charge in [0, 0.05) is 10.0 Å². The van der Waals surface area contributed by atoms with E-state index in [-0.39, 0.29) is 5.82 Å². The first-order valence-electron chi connectivity index (χ1n) is 4.84. The Morgan fingerprint density at radius 1 is 1.50 bits per heavy atom. The van der Waals surface area contributed by atoms with Crippen molar-refractivity contribution < 1.29 is 4.39 Å². The summed E-state index contributed by atoms with van der Waals surface area (Å²) in [5.41, 5.74) is 1.77. The van der Waals surface area contributed by atoms with E-state index in [2.05, 4.69) is 31.2 Å². The molecule has 0 amide bonds. The van der Waals surface area contributed by atoms with E-state index in [1.807, 2.05) is 7.05 Å². The number of imidazole rings is 1. The third kappa shape index (κ3) is 2.31.